The fraction of sp³-hybridized carbons (Fsp3) is 0.412. The largest absolute Gasteiger partial charge is 0.489 e. The Bertz CT molecular complexity index is 742. The first-order chi connectivity index (χ1) is 11.4. The lowest BCUT2D eigenvalue weighted by atomic mass is 10.2. The summed E-state index contributed by atoms with van der Waals surface area (Å²) in [4.78, 5) is 13.0. The van der Waals surface area contributed by atoms with Gasteiger partial charge in [0.1, 0.15) is 11.6 Å². The van der Waals surface area contributed by atoms with E-state index in [1.807, 2.05) is 0 Å². The summed E-state index contributed by atoms with van der Waals surface area (Å²) in [5, 5.41) is 8.23. The van der Waals surface area contributed by atoms with Crippen molar-refractivity contribution in [3.63, 3.8) is 0 Å². The Morgan fingerprint density at radius 1 is 1.36 bits per heavy atom. The Balaban J connectivity index is 0.00000225. The third kappa shape index (κ3) is 3.75. The van der Waals surface area contributed by atoms with Gasteiger partial charge in [-0.25, -0.2) is 14.1 Å². The van der Waals surface area contributed by atoms with E-state index in [0.717, 1.165) is 36.6 Å². The number of carbonyl (C=O) groups excluding carboxylic acids is 1. The quantitative estimate of drug-likeness (QED) is 0.748. The van der Waals surface area contributed by atoms with Crippen molar-refractivity contribution in [1.82, 2.24) is 0 Å². The van der Waals surface area contributed by atoms with E-state index in [1.165, 1.54) is 6.07 Å². The fourth-order valence-electron chi connectivity index (χ4n) is 2.90. The van der Waals surface area contributed by atoms with Crippen molar-refractivity contribution in [2.75, 3.05) is 4.90 Å². The number of amidine groups is 1. The van der Waals surface area contributed by atoms with Crippen LogP contribution in [0.4, 0.5) is 14.9 Å². The molecule has 0 atom stereocenters. The Kier molecular flexibility index (Phi) is 5.95. The van der Waals surface area contributed by atoms with E-state index in [0.29, 0.717) is 11.3 Å². The minimum Gasteiger partial charge on any atom is -0.489 e. The Hall–Kier alpha value is -1.79. The number of anilines is 1. The van der Waals surface area contributed by atoms with Crippen LogP contribution in [0.5, 0.6) is 5.75 Å². The summed E-state index contributed by atoms with van der Waals surface area (Å²) in [7, 11) is 0. The van der Waals surface area contributed by atoms with Crippen molar-refractivity contribution in [1.29, 1.82) is 5.41 Å². The summed E-state index contributed by atoms with van der Waals surface area (Å²) in [6.07, 6.45) is 3.24. The molecule has 136 valence electrons. The van der Waals surface area contributed by atoms with Gasteiger partial charge in [0.25, 0.3) is 0 Å². The van der Waals surface area contributed by atoms with Crippen LogP contribution in [0.3, 0.4) is 0 Å². The van der Waals surface area contributed by atoms with Crippen LogP contribution < -0.4 is 9.64 Å². The summed E-state index contributed by atoms with van der Waals surface area (Å²) >= 11 is 6.08. The van der Waals surface area contributed by atoms with E-state index in [-0.39, 0.29) is 40.8 Å². The van der Waals surface area contributed by atoms with Crippen LogP contribution in [0.25, 0.3) is 0 Å². The number of nitrogens with one attached hydrogen (secondary N) is 1. The van der Waals surface area contributed by atoms with Crippen molar-refractivity contribution >= 4 is 41.6 Å². The van der Waals surface area contributed by atoms with E-state index in [2.05, 4.69) is 0 Å². The first-order valence-corrected chi connectivity index (χ1v) is 8.20. The number of cyclic esters (lactones) is 1. The highest BCUT2D eigenvalue weighted by Crippen LogP contribution is 2.37. The minimum atomic E-state index is -0.816. The van der Waals surface area contributed by atoms with Crippen molar-refractivity contribution in [2.45, 2.75) is 45.6 Å². The molecule has 0 aromatic heterocycles. The molecule has 1 heterocycles. The maximum Gasteiger partial charge on any atom is 0.425 e. The first kappa shape index (κ1) is 19.5. The summed E-state index contributed by atoms with van der Waals surface area (Å²) in [6.45, 7) is 3.43. The number of halogens is 3. The SMILES string of the molecule is CC(C)=C1OC(=O)N(c2cc(OC3CCCC3)c(Cl)cc2F)C1=N.Cl. The Labute approximate surface area is 156 Å². The number of benzene rings is 1. The molecule has 1 N–H and O–H groups in total. The molecule has 3 rings (SSSR count). The molecule has 1 amide bonds. The van der Waals surface area contributed by atoms with E-state index < -0.39 is 11.9 Å². The molecule has 2 fully saturated rings. The van der Waals surface area contributed by atoms with E-state index in [9.17, 15) is 9.18 Å². The molecule has 0 bridgehead atoms. The van der Waals surface area contributed by atoms with Crippen molar-refractivity contribution < 1.29 is 18.7 Å². The maximum atomic E-state index is 14.4. The highest BCUT2D eigenvalue weighted by atomic mass is 35.5. The van der Waals surface area contributed by atoms with E-state index >= 15 is 0 Å². The molecule has 0 unspecified atom stereocenters. The number of nitrogens with zero attached hydrogens (tertiary/aromatic N) is 1. The number of ether oxygens (including phenoxy) is 2. The predicted molar refractivity (Wildman–Crippen MR) is 96.6 cm³/mol. The standard InChI is InChI=1S/C17H18ClFN2O3.ClH/c1-9(2)15-16(20)21(17(22)24-15)13-8-14(11(18)7-12(13)19)23-10-5-3-4-6-10;/h7-8,10,20H,3-6H2,1-2H3;1H. The predicted octanol–water partition coefficient (Wildman–Crippen LogP) is 5.45. The zero-order valence-corrected chi connectivity index (χ0v) is 15.5. The third-order valence-electron chi connectivity index (χ3n) is 4.10. The van der Waals surface area contributed by atoms with Gasteiger partial charge >= 0.3 is 6.09 Å². The second kappa shape index (κ2) is 7.62. The monoisotopic (exact) mass is 388 g/mol. The molecule has 25 heavy (non-hydrogen) atoms. The molecule has 1 saturated carbocycles. The van der Waals surface area contributed by atoms with Gasteiger partial charge in [-0.15, -0.1) is 12.4 Å². The highest BCUT2D eigenvalue weighted by Gasteiger charge is 2.37. The average molecular weight is 389 g/mol. The number of hydrogen-bond acceptors (Lipinski definition) is 4. The van der Waals surface area contributed by atoms with Crippen LogP contribution in [-0.2, 0) is 4.74 Å². The van der Waals surface area contributed by atoms with Crippen molar-refractivity contribution in [3.05, 3.63) is 34.3 Å². The van der Waals surface area contributed by atoms with Crippen LogP contribution in [0.15, 0.2) is 23.5 Å². The van der Waals surface area contributed by atoms with Crippen LogP contribution in [-0.4, -0.2) is 18.0 Å². The van der Waals surface area contributed by atoms with E-state index in [4.69, 9.17) is 26.5 Å². The molecule has 1 aliphatic carbocycles. The van der Waals surface area contributed by atoms with Gasteiger partial charge in [0, 0.05) is 6.07 Å². The lowest BCUT2D eigenvalue weighted by molar-refractivity contribution is 0.198. The van der Waals surface area contributed by atoms with Gasteiger partial charge in [-0.1, -0.05) is 11.6 Å². The Morgan fingerprint density at radius 3 is 2.56 bits per heavy atom. The van der Waals surface area contributed by atoms with Gasteiger partial charge in [-0.05, 0) is 51.2 Å². The van der Waals surface area contributed by atoms with Gasteiger partial charge in [0.15, 0.2) is 11.6 Å². The first-order valence-electron chi connectivity index (χ1n) is 7.82. The lowest BCUT2D eigenvalue weighted by Gasteiger charge is -2.18. The highest BCUT2D eigenvalue weighted by molar-refractivity contribution is 6.32. The molecular formula is C17H19Cl2FN2O3. The van der Waals surface area contributed by atoms with Crippen LogP contribution in [0.1, 0.15) is 39.5 Å². The third-order valence-corrected chi connectivity index (χ3v) is 4.40. The van der Waals surface area contributed by atoms with E-state index in [1.54, 1.807) is 13.8 Å². The molecule has 1 saturated heterocycles. The molecule has 5 nitrogen and oxygen atoms in total. The molecule has 0 spiro atoms. The number of allylic oxidation sites excluding steroid dienone is 1. The number of hydrogen-bond donors (Lipinski definition) is 1. The van der Waals surface area contributed by atoms with Crippen LogP contribution >= 0.6 is 24.0 Å². The molecule has 1 aromatic carbocycles. The minimum absolute atomic E-state index is 0. The smallest absolute Gasteiger partial charge is 0.425 e. The zero-order chi connectivity index (χ0) is 17.4. The molecule has 2 aliphatic rings. The summed E-state index contributed by atoms with van der Waals surface area (Å²) in [6, 6.07) is 2.46. The summed E-state index contributed by atoms with van der Waals surface area (Å²) in [5.74, 6) is -0.470. The molecule has 8 heteroatoms. The van der Waals surface area contributed by atoms with Crippen LogP contribution in [0, 0.1) is 11.2 Å². The van der Waals surface area contributed by atoms with Crippen LogP contribution in [0.2, 0.25) is 5.02 Å². The maximum absolute atomic E-state index is 14.4. The number of amides is 1. The van der Waals surface area contributed by atoms with Gasteiger partial charge in [0.05, 0.1) is 16.8 Å². The normalized spacial score (nSPS) is 17.6. The summed E-state index contributed by atoms with van der Waals surface area (Å²) in [5.41, 5.74) is 0.561. The zero-order valence-electron chi connectivity index (χ0n) is 13.9. The average Bonchev–Trinajstić information content (AvgIpc) is 3.11. The Morgan fingerprint density at radius 2 is 2.00 bits per heavy atom. The number of rotatable bonds is 3. The molecule has 0 radical (unpaired) electrons. The lowest BCUT2D eigenvalue weighted by Crippen LogP contribution is -2.29. The molecular weight excluding hydrogens is 370 g/mol. The van der Waals surface area contributed by atoms with Gasteiger partial charge in [-0.2, -0.15) is 0 Å². The van der Waals surface area contributed by atoms with Crippen molar-refractivity contribution in [3.8, 4) is 5.75 Å². The second-order valence-electron chi connectivity index (χ2n) is 6.14. The van der Waals surface area contributed by atoms with Gasteiger partial charge in [-0.3, -0.25) is 5.41 Å². The fourth-order valence-corrected chi connectivity index (χ4v) is 3.09. The second-order valence-corrected chi connectivity index (χ2v) is 6.55. The van der Waals surface area contributed by atoms with Gasteiger partial charge < -0.3 is 9.47 Å². The van der Waals surface area contributed by atoms with Crippen molar-refractivity contribution in [2.24, 2.45) is 0 Å². The number of carbonyl (C=O) groups is 1. The molecule has 1 aromatic rings. The molecule has 1 aliphatic heterocycles. The van der Waals surface area contributed by atoms with Gasteiger partial charge in [0.2, 0.25) is 0 Å². The summed E-state index contributed by atoms with van der Waals surface area (Å²) < 4.78 is 25.3. The topological polar surface area (TPSA) is 62.6 Å².